The molecule has 0 bridgehead atoms. The number of nitrogens with one attached hydrogen (secondary N) is 1. The number of hydrogen-bond donors (Lipinski definition) is 1. The first-order chi connectivity index (χ1) is 19.3. The zero-order chi connectivity index (χ0) is 30.3. The van der Waals surface area contributed by atoms with Crippen LogP contribution < -0.4 is 9.62 Å². The van der Waals surface area contributed by atoms with Gasteiger partial charge in [-0.3, -0.25) is 13.9 Å². The lowest BCUT2D eigenvalue weighted by molar-refractivity contribution is -0.140. The van der Waals surface area contributed by atoms with Gasteiger partial charge in [0.25, 0.3) is 0 Å². The molecule has 0 fully saturated rings. The summed E-state index contributed by atoms with van der Waals surface area (Å²) in [5, 5.41) is 3.40. The first-order valence-corrected chi connectivity index (χ1v) is 15.4. The molecule has 3 aromatic carbocycles. The van der Waals surface area contributed by atoms with E-state index >= 15 is 0 Å². The third-order valence-corrected chi connectivity index (χ3v) is 8.38. The molecule has 0 aromatic heterocycles. The average molecular weight is 627 g/mol. The minimum atomic E-state index is -4.15. The second-order valence-electron chi connectivity index (χ2n) is 9.61. The van der Waals surface area contributed by atoms with Gasteiger partial charge in [0.15, 0.2) is 11.6 Å². The Hall–Kier alpha value is -3.21. The van der Waals surface area contributed by atoms with Crippen LogP contribution in [0.4, 0.5) is 14.5 Å². The van der Waals surface area contributed by atoms with Crippen LogP contribution >= 0.6 is 23.2 Å². The number of nitrogens with zero attached hydrogens (tertiary/aromatic N) is 2. The zero-order valence-electron chi connectivity index (χ0n) is 22.8. The topological polar surface area (TPSA) is 86.8 Å². The molecular formula is C29H31Cl2F2N3O4S. The summed E-state index contributed by atoms with van der Waals surface area (Å²) in [5.41, 5.74) is 0.858. The first-order valence-electron chi connectivity index (χ1n) is 12.8. The molecule has 0 unspecified atom stereocenters. The van der Waals surface area contributed by atoms with E-state index in [0.29, 0.717) is 22.4 Å². The highest BCUT2D eigenvalue weighted by molar-refractivity contribution is 7.92. The van der Waals surface area contributed by atoms with Gasteiger partial charge in [-0.25, -0.2) is 17.2 Å². The highest BCUT2D eigenvalue weighted by Crippen LogP contribution is 2.28. The van der Waals surface area contributed by atoms with Gasteiger partial charge in [0.2, 0.25) is 21.8 Å². The van der Waals surface area contributed by atoms with Gasteiger partial charge in [-0.1, -0.05) is 66.5 Å². The van der Waals surface area contributed by atoms with E-state index in [2.05, 4.69) is 5.32 Å². The van der Waals surface area contributed by atoms with Gasteiger partial charge in [-0.15, -0.1) is 0 Å². The molecule has 0 aliphatic heterocycles. The Balaban J connectivity index is 2.12. The van der Waals surface area contributed by atoms with Gasteiger partial charge in [0.05, 0.1) is 11.9 Å². The molecule has 3 aromatic rings. The van der Waals surface area contributed by atoms with Crippen molar-refractivity contribution in [2.75, 3.05) is 17.1 Å². The fourth-order valence-corrected chi connectivity index (χ4v) is 5.46. The van der Waals surface area contributed by atoms with E-state index in [1.165, 1.54) is 4.90 Å². The molecular weight excluding hydrogens is 595 g/mol. The number of anilines is 1. The third kappa shape index (κ3) is 8.64. The highest BCUT2D eigenvalue weighted by Gasteiger charge is 2.34. The van der Waals surface area contributed by atoms with Crippen LogP contribution in [0.25, 0.3) is 0 Å². The van der Waals surface area contributed by atoms with Crippen molar-refractivity contribution in [1.29, 1.82) is 0 Å². The SMILES string of the molecule is CC[C@@H](C)NC(=O)[C@@H](Cc1ccccc1)N(Cc1c(Cl)cccc1Cl)C(=O)CN(c1ccc(F)c(F)c1)S(C)(=O)=O. The summed E-state index contributed by atoms with van der Waals surface area (Å²) in [6.45, 7) is 2.70. The molecule has 0 saturated heterocycles. The Bertz CT molecular complexity index is 1470. The van der Waals surface area contributed by atoms with Crippen LogP contribution in [0.3, 0.4) is 0 Å². The lowest BCUT2D eigenvalue weighted by Gasteiger charge is -2.34. The summed E-state index contributed by atoms with van der Waals surface area (Å²) in [7, 11) is -4.15. The van der Waals surface area contributed by atoms with E-state index in [-0.39, 0.29) is 34.7 Å². The van der Waals surface area contributed by atoms with Gasteiger partial charge in [0.1, 0.15) is 12.6 Å². The molecule has 3 rings (SSSR count). The molecule has 7 nitrogen and oxygen atoms in total. The average Bonchev–Trinajstić information content (AvgIpc) is 2.92. The Morgan fingerprint density at radius 1 is 0.951 bits per heavy atom. The molecule has 41 heavy (non-hydrogen) atoms. The number of rotatable bonds is 12. The number of amides is 2. The van der Waals surface area contributed by atoms with E-state index in [4.69, 9.17) is 23.2 Å². The van der Waals surface area contributed by atoms with Gasteiger partial charge < -0.3 is 10.2 Å². The van der Waals surface area contributed by atoms with Crippen molar-refractivity contribution < 1.29 is 26.8 Å². The smallest absolute Gasteiger partial charge is 0.244 e. The lowest BCUT2D eigenvalue weighted by Crippen LogP contribution is -2.54. The number of sulfonamides is 1. The largest absolute Gasteiger partial charge is 0.352 e. The lowest BCUT2D eigenvalue weighted by atomic mass is 10.0. The quantitative estimate of drug-likeness (QED) is 0.284. The van der Waals surface area contributed by atoms with Crippen LogP contribution in [0.1, 0.15) is 31.4 Å². The first kappa shape index (κ1) is 32.3. The molecule has 0 aliphatic rings. The van der Waals surface area contributed by atoms with Crippen LogP contribution in [-0.4, -0.2) is 50.0 Å². The van der Waals surface area contributed by atoms with Crippen LogP contribution in [0.5, 0.6) is 0 Å². The van der Waals surface area contributed by atoms with Crippen molar-refractivity contribution in [1.82, 2.24) is 10.2 Å². The van der Waals surface area contributed by atoms with E-state index < -0.39 is 46.1 Å². The molecule has 0 aliphatic carbocycles. The zero-order valence-corrected chi connectivity index (χ0v) is 25.1. The summed E-state index contributed by atoms with van der Waals surface area (Å²) in [5.74, 6) is -3.69. The standard InChI is InChI=1S/C29H31Cl2F2N3O4S/c1-4-19(2)34-29(38)27(15-20-9-6-5-7-10-20)35(17-22-23(30)11-8-12-24(22)31)28(37)18-36(41(3,39)40)21-13-14-25(32)26(33)16-21/h5-14,16,19,27H,4,15,17-18H2,1-3H3,(H,34,38)/t19-,27-/m1/s1. The van der Waals surface area contributed by atoms with Crippen LogP contribution in [-0.2, 0) is 32.6 Å². The number of carbonyl (C=O) groups is 2. The molecule has 12 heteroatoms. The molecule has 0 saturated carbocycles. The predicted octanol–water partition coefficient (Wildman–Crippen LogP) is 5.59. The molecule has 0 heterocycles. The van der Waals surface area contributed by atoms with Crippen molar-refractivity contribution in [2.24, 2.45) is 0 Å². The van der Waals surface area contributed by atoms with Gasteiger partial charge in [-0.2, -0.15) is 0 Å². The Labute approximate surface area is 249 Å². The number of carbonyl (C=O) groups excluding carboxylic acids is 2. The summed E-state index contributed by atoms with van der Waals surface area (Å²) in [4.78, 5) is 28.9. The van der Waals surface area contributed by atoms with E-state index in [0.717, 1.165) is 24.0 Å². The van der Waals surface area contributed by atoms with Crippen molar-refractivity contribution in [2.45, 2.75) is 45.3 Å². The molecule has 2 amide bonds. The summed E-state index contributed by atoms with van der Waals surface area (Å²) in [6.07, 6.45) is 1.57. The predicted molar refractivity (Wildman–Crippen MR) is 157 cm³/mol. The van der Waals surface area contributed by atoms with Gasteiger partial charge in [-0.05, 0) is 43.2 Å². The molecule has 220 valence electrons. The molecule has 0 spiro atoms. The van der Waals surface area contributed by atoms with E-state index in [1.807, 2.05) is 19.9 Å². The minimum absolute atomic E-state index is 0.0982. The summed E-state index contributed by atoms with van der Waals surface area (Å²) in [6, 6.07) is 15.0. The third-order valence-electron chi connectivity index (χ3n) is 6.53. The maximum absolute atomic E-state index is 14.1. The maximum Gasteiger partial charge on any atom is 0.244 e. The normalized spacial score (nSPS) is 12.9. The summed E-state index contributed by atoms with van der Waals surface area (Å²) >= 11 is 12.9. The van der Waals surface area contributed by atoms with Gasteiger partial charge in [0, 0.05) is 40.7 Å². The monoisotopic (exact) mass is 625 g/mol. The number of hydrogen-bond acceptors (Lipinski definition) is 4. The van der Waals surface area contributed by atoms with Crippen LogP contribution in [0.15, 0.2) is 66.7 Å². The van der Waals surface area contributed by atoms with Crippen molar-refractivity contribution >= 4 is 50.7 Å². The van der Waals surface area contributed by atoms with Crippen LogP contribution in [0, 0.1) is 11.6 Å². The van der Waals surface area contributed by atoms with Gasteiger partial charge >= 0.3 is 0 Å². The summed E-state index contributed by atoms with van der Waals surface area (Å²) < 4.78 is 53.8. The molecule has 2 atom stereocenters. The van der Waals surface area contributed by atoms with E-state index in [9.17, 15) is 26.8 Å². The minimum Gasteiger partial charge on any atom is -0.352 e. The molecule has 1 N–H and O–H groups in total. The maximum atomic E-state index is 14.1. The number of halogens is 4. The Morgan fingerprint density at radius 3 is 2.15 bits per heavy atom. The number of benzene rings is 3. The van der Waals surface area contributed by atoms with Crippen molar-refractivity contribution in [3.05, 3.63) is 99.5 Å². The molecule has 0 radical (unpaired) electrons. The Morgan fingerprint density at radius 2 is 1.59 bits per heavy atom. The van der Waals surface area contributed by atoms with Crippen molar-refractivity contribution in [3.8, 4) is 0 Å². The second-order valence-corrected chi connectivity index (χ2v) is 12.3. The Kier molecular flexibility index (Phi) is 11.1. The van der Waals surface area contributed by atoms with E-state index in [1.54, 1.807) is 42.5 Å². The highest BCUT2D eigenvalue weighted by atomic mass is 35.5. The second kappa shape index (κ2) is 14.1. The van der Waals surface area contributed by atoms with Crippen molar-refractivity contribution in [3.63, 3.8) is 0 Å². The fraction of sp³-hybridized carbons (Fsp3) is 0.310. The fourth-order valence-electron chi connectivity index (χ4n) is 4.10. The van der Waals surface area contributed by atoms with Crippen LogP contribution in [0.2, 0.25) is 10.0 Å².